The molecule has 1 rings (SSSR count). The molecule has 56 valence electrons. The van der Waals surface area contributed by atoms with E-state index in [0.29, 0.717) is 0 Å². The molecule has 11 heavy (non-hydrogen) atoms. The van der Waals surface area contributed by atoms with Crippen molar-refractivity contribution in [3.8, 4) is 0 Å². The van der Waals surface area contributed by atoms with Gasteiger partial charge in [-0.3, -0.25) is 4.98 Å². The first-order valence-corrected chi connectivity index (χ1v) is 4.10. The van der Waals surface area contributed by atoms with Crippen LogP contribution in [-0.4, -0.2) is 4.98 Å². The highest BCUT2D eigenvalue weighted by Crippen LogP contribution is 2.22. The Labute approximate surface area is 70.9 Å². The molecule has 0 aromatic carbocycles. The second-order valence-corrected chi connectivity index (χ2v) is 2.91. The van der Waals surface area contributed by atoms with Crippen LogP contribution in [-0.2, 0) is 0 Å². The highest BCUT2D eigenvalue weighted by molar-refractivity contribution is 8.02. The topological polar surface area (TPSA) is 12.9 Å². The molecule has 1 heterocycles. The summed E-state index contributed by atoms with van der Waals surface area (Å²) in [5.74, 6) is 0. The number of hydrogen-bond donors (Lipinski definition) is 0. The molecular weight excluding hydrogens is 154 g/mol. The second-order valence-electron chi connectivity index (χ2n) is 1.90. The van der Waals surface area contributed by atoms with Crippen molar-refractivity contribution in [2.45, 2.75) is 4.90 Å². The SMILES string of the molecule is C=CSc1ccncc1C=C. The first kappa shape index (κ1) is 8.08. The summed E-state index contributed by atoms with van der Waals surface area (Å²) in [5, 5.41) is 1.79. The van der Waals surface area contributed by atoms with Crippen LogP contribution in [0.25, 0.3) is 6.08 Å². The van der Waals surface area contributed by atoms with Gasteiger partial charge in [-0.25, -0.2) is 0 Å². The van der Waals surface area contributed by atoms with E-state index in [4.69, 9.17) is 0 Å². The summed E-state index contributed by atoms with van der Waals surface area (Å²) in [6, 6.07) is 1.95. The third-order valence-electron chi connectivity index (χ3n) is 1.24. The van der Waals surface area contributed by atoms with E-state index in [1.807, 2.05) is 6.07 Å². The highest BCUT2D eigenvalue weighted by atomic mass is 32.2. The lowest BCUT2D eigenvalue weighted by atomic mass is 10.3. The Morgan fingerprint density at radius 2 is 2.27 bits per heavy atom. The smallest absolute Gasteiger partial charge is 0.0351 e. The number of rotatable bonds is 3. The molecule has 1 aromatic heterocycles. The molecular formula is C9H9NS. The summed E-state index contributed by atoms with van der Waals surface area (Å²) in [6.45, 7) is 7.33. The van der Waals surface area contributed by atoms with Gasteiger partial charge in [0.25, 0.3) is 0 Å². The fraction of sp³-hybridized carbons (Fsp3) is 0. The van der Waals surface area contributed by atoms with E-state index in [2.05, 4.69) is 18.1 Å². The molecule has 1 nitrogen and oxygen atoms in total. The Morgan fingerprint density at radius 3 is 2.91 bits per heavy atom. The van der Waals surface area contributed by atoms with Crippen molar-refractivity contribution in [2.75, 3.05) is 0 Å². The Kier molecular flexibility index (Phi) is 2.93. The summed E-state index contributed by atoms with van der Waals surface area (Å²) in [4.78, 5) is 5.12. The summed E-state index contributed by atoms with van der Waals surface area (Å²) in [7, 11) is 0. The molecule has 0 saturated heterocycles. The van der Waals surface area contributed by atoms with E-state index in [1.165, 1.54) is 0 Å². The number of aromatic nitrogens is 1. The van der Waals surface area contributed by atoms with E-state index < -0.39 is 0 Å². The van der Waals surface area contributed by atoms with Crippen LogP contribution >= 0.6 is 11.8 Å². The van der Waals surface area contributed by atoms with Gasteiger partial charge >= 0.3 is 0 Å². The van der Waals surface area contributed by atoms with Gasteiger partial charge < -0.3 is 0 Å². The molecule has 0 atom stereocenters. The minimum absolute atomic E-state index is 1.05. The van der Waals surface area contributed by atoms with Gasteiger partial charge in [0.2, 0.25) is 0 Å². The molecule has 0 spiro atoms. The lowest BCUT2D eigenvalue weighted by Gasteiger charge is -1.98. The van der Waals surface area contributed by atoms with Gasteiger partial charge in [-0.05, 0) is 11.5 Å². The van der Waals surface area contributed by atoms with Crippen LogP contribution in [0, 0.1) is 0 Å². The van der Waals surface area contributed by atoms with E-state index in [1.54, 1.807) is 35.6 Å². The molecule has 0 fully saturated rings. The van der Waals surface area contributed by atoms with Crippen LogP contribution in [0.1, 0.15) is 5.56 Å². The third-order valence-corrected chi connectivity index (χ3v) is 2.03. The van der Waals surface area contributed by atoms with E-state index in [0.717, 1.165) is 10.5 Å². The Balaban J connectivity index is 3.01. The highest BCUT2D eigenvalue weighted by Gasteiger charge is 1.94. The maximum Gasteiger partial charge on any atom is 0.0351 e. The molecule has 0 amide bonds. The van der Waals surface area contributed by atoms with Crippen molar-refractivity contribution in [3.05, 3.63) is 42.6 Å². The normalized spacial score (nSPS) is 9.09. The number of hydrogen-bond acceptors (Lipinski definition) is 2. The van der Waals surface area contributed by atoms with Crippen molar-refractivity contribution in [1.29, 1.82) is 0 Å². The molecule has 0 unspecified atom stereocenters. The lowest BCUT2D eigenvalue weighted by Crippen LogP contribution is -1.78. The molecule has 0 aliphatic carbocycles. The maximum atomic E-state index is 3.98. The van der Waals surface area contributed by atoms with Crippen LogP contribution < -0.4 is 0 Å². The van der Waals surface area contributed by atoms with Crippen LogP contribution in [0.4, 0.5) is 0 Å². The van der Waals surface area contributed by atoms with Gasteiger partial charge in [0, 0.05) is 22.9 Å². The van der Waals surface area contributed by atoms with Gasteiger partial charge in [-0.15, -0.1) is 0 Å². The molecule has 0 N–H and O–H groups in total. The Bertz CT molecular complexity index is 268. The molecule has 1 aromatic rings. The van der Waals surface area contributed by atoms with Crippen molar-refractivity contribution in [1.82, 2.24) is 4.98 Å². The van der Waals surface area contributed by atoms with Gasteiger partial charge in [0.05, 0.1) is 0 Å². The standard InChI is InChI=1S/C9H9NS/c1-3-8-7-10-6-5-9(8)11-4-2/h3-7H,1-2H2. The monoisotopic (exact) mass is 163 g/mol. The second kappa shape index (κ2) is 3.98. The third kappa shape index (κ3) is 1.95. The van der Waals surface area contributed by atoms with Crippen LogP contribution in [0.15, 0.2) is 41.9 Å². The average Bonchev–Trinajstić information content (AvgIpc) is 2.06. The van der Waals surface area contributed by atoms with Gasteiger partial charge in [0.15, 0.2) is 0 Å². The zero-order chi connectivity index (χ0) is 8.10. The summed E-state index contributed by atoms with van der Waals surface area (Å²) < 4.78 is 0. The predicted molar refractivity (Wildman–Crippen MR) is 50.4 cm³/mol. The fourth-order valence-electron chi connectivity index (χ4n) is 0.744. The Morgan fingerprint density at radius 1 is 1.45 bits per heavy atom. The van der Waals surface area contributed by atoms with Crippen molar-refractivity contribution >= 4 is 17.8 Å². The van der Waals surface area contributed by atoms with Gasteiger partial charge in [-0.2, -0.15) is 0 Å². The first-order chi connectivity index (χ1) is 5.38. The van der Waals surface area contributed by atoms with Crippen molar-refractivity contribution in [3.63, 3.8) is 0 Å². The average molecular weight is 163 g/mol. The number of pyridine rings is 1. The molecule has 0 radical (unpaired) electrons. The fourth-order valence-corrected chi connectivity index (χ4v) is 1.34. The van der Waals surface area contributed by atoms with Crippen LogP contribution in [0.2, 0.25) is 0 Å². The van der Waals surface area contributed by atoms with Crippen LogP contribution in [0.5, 0.6) is 0 Å². The zero-order valence-electron chi connectivity index (χ0n) is 6.16. The lowest BCUT2D eigenvalue weighted by molar-refractivity contribution is 1.25. The summed E-state index contributed by atoms with van der Waals surface area (Å²) in [6.07, 6.45) is 5.34. The first-order valence-electron chi connectivity index (χ1n) is 3.22. The summed E-state index contributed by atoms with van der Waals surface area (Å²) in [5.41, 5.74) is 1.05. The van der Waals surface area contributed by atoms with Gasteiger partial charge in [0.1, 0.15) is 0 Å². The number of nitrogens with zero attached hydrogens (tertiary/aromatic N) is 1. The zero-order valence-corrected chi connectivity index (χ0v) is 6.97. The molecule has 0 saturated carbocycles. The van der Waals surface area contributed by atoms with Crippen molar-refractivity contribution < 1.29 is 0 Å². The Hall–Kier alpha value is -1.02. The molecule has 0 aliphatic rings. The largest absolute Gasteiger partial charge is 0.264 e. The minimum Gasteiger partial charge on any atom is -0.264 e. The predicted octanol–water partition coefficient (Wildman–Crippen LogP) is 2.96. The van der Waals surface area contributed by atoms with Gasteiger partial charge in [-0.1, -0.05) is 31.0 Å². The maximum absolute atomic E-state index is 3.98. The van der Waals surface area contributed by atoms with Crippen LogP contribution in [0.3, 0.4) is 0 Å². The van der Waals surface area contributed by atoms with E-state index in [-0.39, 0.29) is 0 Å². The molecule has 0 bridgehead atoms. The summed E-state index contributed by atoms with van der Waals surface area (Å²) >= 11 is 1.58. The molecule has 0 aliphatic heterocycles. The molecule has 2 heteroatoms. The quantitative estimate of drug-likeness (QED) is 0.635. The van der Waals surface area contributed by atoms with Crippen molar-refractivity contribution in [2.24, 2.45) is 0 Å². The minimum atomic E-state index is 1.05. The van der Waals surface area contributed by atoms with E-state index >= 15 is 0 Å². The van der Waals surface area contributed by atoms with E-state index in [9.17, 15) is 0 Å². The number of thioether (sulfide) groups is 1.